The third-order valence-corrected chi connectivity index (χ3v) is 2.42. The van der Waals surface area contributed by atoms with Crippen molar-refractivity contribution in [1.29, 1.82) is 0 Å². The maximum absolute atomic E-state index is 9.77. The van der Waals surface area contributed by atoms with E-state index in [1.54, 1.807) is 0 Å². The quantitative estimate of drug-likeness (QED) is 0.113. The van der Waals surface area contributed by atoms with Crippen molar-refractivity contribution in [3.05, 3.63) is 0 Å². The molecule has 12 N–H and O–H groups in total. The Balaban J connectivity index is -0.000000110. The van der Waals surface area contributed by atoms with Gasteiger partial charge in [-0.1, -0.05) is 0 Å². The fraction of sp³-hybridized carbons (Fsp3) is 0.500. The first-order chi connectivity index (χ1) is 13.4. The van der Waals surface area contributed by atoms with Gasteiger partial charge in [0.1, 0.15) is 0 Å². The zero-order valence-corrected chi connectivity index (χ0v) is 21.1. The van der Waals surface area contributed by atoms with Crippen LogP contribution in [-0.4, -0.2) is 134 Å². The van der Waals surface area contributed by atoms with E-state index in [4.69, 9.17) is 61.3 Å². The van der Waals surface area contributed by atoms with Crippen LogP contribution in [0.5, 0.6) is 0 Å². The maximum Gasteiger partial charge on any atom is 0.335 e. The predicted molar refractivity (Wildman–Crippen MR) is 81.9 cm³/mol. The fourth-order valence-electron chi connectivity index (χ4n) is 0.810. The van der Waals surface area contributed by atoms with E-state index in [0.717, 1.165) is 0 Å². The van der Waals surface area contributed by atoms with E-state index >= 15 is 0 Å². The molecule has 0 bridgehead atoms. The Morgan fingerprint density at radius 1 is 0.312 bits per heavy atom. The van der Waals surface area contributed by atoms with Crippen LogP contribution < -0.4 is 0 Å². The zero-order valence-electron chi connectivity index (χ0n) is 15.4. The number of carboxylic acid groups (broad SMARTS) is 6. The summed E-state index contributed by atoms with van der Waals surface area (Å²) in [6.07, 6.45) is -13.6. The van der Waals surface area contributed by atoms with Crippen molar-refractivity contribution in [1.82, 2.24) is 0 Å². The van der Waals surface area contributed by atoms with Crippen LogP contribution in [0.25, 0.3) is 0 Å². The zero-order chi connectivity index (χ0) is 24.9. The summed E-state index contributed by atoms with van der Waals surface area (Å²) in [4.78, 5) is 58.6. The Kier molecular flexibility index (Phi) is 26.2. The molecule has 0 aliphatic heterocycles. The molecule has 32 heavy (non-hydrogen) atoms. The fourth-order valence-corrected chi connectivity index (χ4v) is 0.810. The van der Waals surface area contributed by atoms with Crippen molar-refractivity contribution in [3.8, 4) is 0 Å². The molecule has 2 radical (unpaired) electrons. The molecule has 0 aliphatic carbocycles. The molecule has 0 amide bonds. The third-order valence-electron chi connectivity index (χ3n) is 2.42. The monoisotopic (exact) mass is 628 g/mol. The van der Waals surface area contributed by atoms with Gasteiger partial charge in [-0.25, -0.2) is 28.8 Å². The van der Waals surface area contributed by atoms with Crippen molar-refractivity contribution >= 4 is 35.8 Å². The van der Waals surface area contributed by atoms with Crippen LogP contribution in [0.1, 0.15) is 0 Å². The SMILES string of the molecule is O=C(O)C(O)C(O)C(=O)O.O=C(O)C(O)C(O)C(=O)O.O=C(O)C(O)C(O)C(=O)O.[Y].[Y]. The van der Waals surface area contributed by atoms with Gasteiger partial charge in [0.2, 0.25) is 0 Å². The molecule has 0 heterocycles. The Bertz CT molecular complexity index is 498. The van der Waals surface area contributed by atoms with Crippen molar-refractivity contribution in [3.63, 3.8) is 0 Å². The molecule has 0 aliphatic rings. The second-order valence-electron chi connectivity index (χ2n) is 4.70. The molecule has 0 aromatic carbocycles. The second kappa shape index (κ2) is 20.4. The number of aliphatic carboxylic acids is 6. The average Bonchev–Trinajstić information content (AvgIpc) is 2.64. The van der Waals surface area contributed by atoms with Crippen LogP contribution in [-0.2, 0) is 94.2 Å². The van der Waals surface area contributed by atoms with Gasteiger partial charge < -0.3 is 61.3 Å². The van der Waals surface area contributed by atoms with Crippen LogP contribution in [0, 0.1) is 0 Å². The largest absolute Gasteiger partial charge is 0.479 e. The first kappa shape index (κ1) is 41.1. The van der Waals surface area contributed by atoms with Gasteiger partial charge in [-0.15, -0.1) is 0 Å². The van der Waals surface area contributed by atoms with Gasteiger partial charge in [-0.3, -0.25) is 0 Å². The molecular formula is C12H18O18Y2. The summed E-state index contributed by atoms with van der Waals surface area (Å²) in [6, 6.07) is 0. The molecule has 0 aromatic heterocycles. The van der Waals surface area contributed by atoms with Gasteiger partial charge in [-0.2, -0.15) is 0 Å². The molecular weight excluding hydrogens is 610 g/mol. The molecule has 0 rings (SSSR count). The Morgan fingerprint density at radius 3 is 0.406 bits per heavy atom. The summed E-state index contributed by atoms with van der Waals surface area (Å²) in [5.74, 6) is -10.6. The van der Waals surface area contributed by atoms with Crippen LogP contribution in [0.15, 0.2) is 0 Å². The van der Waals surface area contributed by atoms with E-state index in [2.05, 4.69) is 0 Å². The number of rotatable bonds is 9. The molecule has 0 spiro atoms. The smallest absolute Gasteiger partial charge is 0.335 e. The van der Waals surface area contributed by atoms with Gasteiger partial charge >= 0.3 is 35.8 Å². The van der Waals surface area contributed by atoms with Gasteiger partial charge in [0.15, 0.2) is 36.6 Å². The Hall–Kier alpha value is -1.21. The maximum atomic E-state index is 9.77. The number of carboxylic acids is 6. The van der Waals surface area contributed by atoms with E-state index in [-0.39, 0.29) is 65.4 Å². The minimum absolute atomic E-state index is 0. The minimum atomic E-state index is -2.27. The van der Waals surface area contributed by atoms with E-state index in [0.29, 0.717) is 0 Å². The number of hydrogen-bond acceptors (Lipinski definition) is 12. The van der Waals surface area contributed by atoms with E-state index in [1.807, 2.05) is 0 Å². The summed E-state index contributed by atoms with van der Waals surface area (Å²) in [5, 5.41) is 97.6. The van der Waals surface area contributed by atoms with Gasteiger partial charge in [0, 0.05) is 65.4 Å². The van der Waals surface area contributed by atoms with Crippen LogP contribution in [0.3, 0.4) is 0 Å². The van der Waals surface area contributed by atoms with E-state index < -0.39 is 72.4 Å². The second-order valence-corrected chi connectivity index (χ2v) is 4.70. The van der Waals surface area contributed by atoms with Crippen LogP contribution >= 0.6 is 0 Å². The molecule has 180 valence electrons. The van der Waals surface area contributed by atoms with E-state index in [1.165, 1.54) is 0 Å². The Morgan fingerprint density at radius 2 is 0.375 bits per heavy atom. The van der Waals surface area contributed by atoms with Gasteiger partial charge in [0.05, 0.1) is 0 Å². The first-order valence-corrected chi connectivity index (χ1v) is 6.85. The topological polar surface area (TPSA) is 345 Å². The number of carbonyl (C=O) groups is 6. The molecule has 0 saturated heterocycles. The summed E-state index contributed by atoms with van der Waals surface area (Å²) >= 11 is 0. The number of hydrogen-bond donors (Lipinski definition) is 12. The molecule has 0 aromatic rings. The molecule has 18 nitrogen and oxygen atoms in total. The molecule has 0 fully saturated rings. The molecule has 6 atom stereocenters. The number of aliphatic hydroxyl groups is 6. The van der Waals surface area contributed by atoms with Gasteiger partial charge in [-0.05, 0) is 0 Å². The van der Waals surface area contributed by atoms with Crippen LogP contribution in [0.2, 0.25) is 0 Å². The Labute approximate surface area is 226 Å². The minimum Gasteiger partial charge on any atom is -0.479 e. The predicted octanol–water partition coefficient (Wildman–Crippen LogP) is -6.37. The van der Waals surface area contributed by atoms with Crippen LogP contribution in [0.4, 0.5) is 0 Å². The summed E-state index contributed by atoms with van der Waals surface area (Å²) in [7, 11) is 0. The molecule has 20 heteroatoms. The normalized spacial score (nSPS) is 14.8. The van der Waals surface area contributed by atoms with E-state index in [9.17, 15) is 28.8 Å². The van der Waals surface area contributed by atoms with Crippen molar-refractivity contribution < 1.29 is 155 Å². The average molecular weight is 628 g/mol. The first-order valence-electron chi connectivity index (χ1n) is 6.85. The standard InChI is InChI=1S/3C4H6O6.2Y/c3*5-1(3(7)8)2(6)4(9)10;;/h3*1-2,5-6H,(H,7,8)(H,9,10);;. The van der Waals surface area contributed by atoms with Crippen molar-refractivity contribution in [2.45, 2.75) is 36.6 Å². The summed E-state index contributed by atoms with van der Waals surface area (Å²) in [5.41, 5.74) is 0. The van der Waals surface area contributed by atoms with Crippen molar-refractivity contribution in [2.75, 3.05) is 0 Å². The summed E-state index contributed by atoms with van der Waals surface area (Å²) in [6.45, 7) is 0. The number of aliphatic hydroxyl groups excluding tert-OH is 6. The summed E-state index contributed by atoms with van der Waals surface area (Å²) < 4.78 is 0. The third kappa shape index (κ3) is 18.4. The molecule has 6 unspecified atom stereocenters. The molecule has 0 saturated carbocycles. The van der Waals surface area contributed by atoms with Gasteiger partial charge in [0.25, 0.3) is 0 Å². The van der Waals surface area contributed by atoms with Crippen molar-refractivity contribution in [2.24, 2.45) is 0 Å².